The highest BCUT2D eigenvalue weighted by Crippen LogP contribution is 2.29. The van der Waals surface area contributed by atoms with Crippen LogP contribution in [-0.2, 0) is 17.8 Å². The highest BCUT2D eigenvalue weighted by molar-refractivity contribution is 6.31. The van der Waals surface area contributed by atoms with Crippen molar-refractivity contribution in [2.75, 3.05) is 13.6 Å². The van der Waals surface area contributed by atoms with Crippen LogP contribution in [0.3, 0.4) is 0 Å². The molecule has 3 nitrogen and oxygen atoms in total. The predicted molar refractivity (Wildman–Crippen MR) is 98.0 cm³/mol. The van der Waals surface area contributed by atoms with Gasteiger partial charge in [0, 0.05) is 17.1 Å². The van der Waals surface area contributed by atoms with Crippen LogP contribution in [0.4, 0.5) is 4.39 Å². The predicted octanol–water partition coefficient (Wildman–Crippen LogP) is 4.10. The largest absolute Gasteiger partial charge is 0.348 e. The molecule has 0 bridgehead atoms. The molecule has 0 aliphatic heterocycles. The smallest absolute Gasteiger partial charge is 0.234 e. The number of hydrogen-bond donors (Lipinski definition) is 1. The van der Waals surface area contributed by atoms with E-state index in [4.69, 9.17) is 11.6 Å². The number of halogens is 2. The lowest BCUT2D eigenvalue weighted by atomic mass is 9.88. The standard InChI is InChI=1S/C20H22ClFN2O/c1-24(12-16-17(21)9-5-10-18(16)22)13-20(25)23-19-11-4-7-14-6-2-3-8-15(14)19/h2-3,5-6,8-10,19H,4,7,11-13H2,1H3,(H,23,25)/t19-/m0/s1. The van der Waals surface area contributed by atoms with Gasteiger partial charge in [0.05, 0.1) is 12.6 Å². The van der Waals surface area contributed by atoms with Crippen molar-refractivity contribution >= 4 is 17.5 Å². The zero-order valence-electron chi connectivity index (χ0n) is 14.3. The van der Waals surface area contributed by atoms with E-state index in [0.717, 1.165) is 19.3 Å². The molecule has 0 spiro atoms. The van der Waals surface area contributed by atoms with E-state index in [1.54, 1.807) is 24.1 Å². The molecule has 25 heavy (non-hydrogen) atoms. The molecule has 0 heterocycles. The first-order chi connectivity index (χ1) is 12.0. The Hall–Kier alpha value is -1.91. The number of carbonyl (C=O) groups is 1. The van der Waals surface area contributed by atoms with Gasteiger partial charge < -0.3 is 5.32 Å². The number of amides is 1. The number of nitrogens with zero attached hydrogens (tertiary/aromatic N) is 1. The van der Waals surface area contributed by atoms with Crippen molar-refractivity contribution < 1.29 is 9.18 Å². The van der Waals surface area contributed by atoms with Crippen molar-refractivity contribution in [2.24, 2.45) is 0 Å². The maximum Gasteiger partial charge on any atom is 0.234 e. The van der Waals surface area contributed by atoms with Crippen molar-refractivity contribution in [3.8, 4) is 0 Å². The first-order valence-corrected chi connectivity index (χ1v) is 8.91. The molecule has 0 saturated carbocycles. The highest BCUT2D eigenvalue weighted by Gasteiger charge is 2.22. The van der Waals surface area contributed by atoms with E-state index in [1.165, 1.54) is 17.2 Å². The number of hydrogen-bond acceptors (Lipinski definition) is 2. The summed E-state index contributed by atoms with van der Waals surface area (Å²) >= 11 is 6.05. The van der Waals surface area contributed by atoms with Crippen LogP contribution in [0.25, 0.3) is 0 Å². The molecular weight excluding hydrogens is 339 g/mol. The molecule has 132 valence electrons. The van der Waals surface area contributed by atoms with Gasteiger partial charge in [0.2, 0.25) is 5.91 Å². The molecule has 2 aromatic carbocycles. The molecule has 0 unspecified atom stereocenters. The lowest BCUT2D eigenvalue weighted by Crippen LogP contribution is -2.38. The highest BCUT2D eigenvalue weighted by atomic mass is 35.5. The van der Waals surface area contributed by atoms with Gasteiger partial charge in [-0.25, -0.2) is 4.39 Å². The average Bonchev–Trinajstić information content (AvgIpc) is 2.58. The van der Waals surface area contributed by atoms with Gasteiger partial charge in [0.1, 0.15) is 5.82 Å². The number of aryl methyl sites for hydroxylation is 1. The third-order valence-corrected chi connectivity index (χ3v) is 4.96. The van der Waals surface area contributed by atoms with Crippen LogP contribution >= 0.6 is 11.6 Å². The second kappa shape index (κ2) is 7.98. The van der Waals surface area contributed by atoms with Crippen LogP contribution in [0.5, 0.6) is 0 Å². The van der Waals surface area contributed by atoms with Crippen LogP contribution in [0.2, 0.25) is 5.02 Å². The summed E-state index contributed by atoms with van der Waals surface area (Å²) in [6.45, 7) is 0.490. The van der Waals surface area contributed by atoms with Gasteiger partial charge in [0.25, 0.3) is 0 Å². The van der Waals surface area contributed by atoms with Gasteiger partial charge >= 0.3 is 0 Å². The fraction of sp³-hybridized carbons (Fsp3) is 0.350. The summed E-state index contributed by atoms with van der Waals surface area (Å²) in [6.07, 6.45) is 3.09. The van der Waals surface area contributed by atoms with Crippen LogP contribution < -0.4 is 5.32 Å². The summed E-state index contributed by atoms with van der Waals surface area (Å²) in [5.41, 5.74) is 2.94. The van der Waals surface area contributed by atoms with E-state index < -0.39 is 0 Å². The molecule has 1 N–H and O–H groups in total. The molecule has 2 aromatic rings. The van der Waals surface area contributed by atoms with E-state index in [0.29, 0.717) is 17.1 Å². The lowest BCUT2D eigenvalue weighted by molar-refractivity contribution is -0.122. The van der Waals surface area contributed by atoms with Crippen LogP contribution in [0, 0.1) is 5.82 Å². The number of carbonyl (C=O) groups excluding carboxylic acids is 1. The quantitative estimate of drug-likeness (QED) is 0.870. The summed E-state index contributed by atoms with van der Waals surface area (Å²) in [6, 6.07) is 12.9. The van der Waals surface area contributed by atoms with Gasteiger partial charge in [-0.1, -0.05) is 41.9 Å². The van der Waals surface area contributed by atoms with E-state index in [-0.39, 0.29) is 24.3 Å². The molecule has 0 saturated heterocycles. The molecule has 1 aliphatic carbocycles. The number of rotatable bonds is 5. The van der Waals surface area contributed by atoms with Gasteiger partial charge in [-0.05, 0) is 49.6 Å². The summed E-state index contributed by atoms with van der Waals surface area (Å²) in [5, 5.41) is 3.50. The van der Waals surface area contributed by atoms with Crippen molar-refractivity contribution in [3.63, 3.8) is 0 Å². The summed E-state index contributed by atoms with van der Waals surface area (Å²) in [5.74, 6) is -0.405. The molecule has 1 amide bonds. The van der Waals surface area contributed by atoms with Crippen molar-refractivity contribution in [3.05, 3.63) is 70.0 Å². The van der Waals surface area contributed by atoms with Gasteiger partial charge in [-0.2, -0.15) is 0 Å². The second-order valence-electron chi connectivity index (χ2n) is 6.58. The summed E-state index contributed by atoms with van der Waals surface area (Å²) in [4.78, 5) is 14.2. The maximum absolute atomic E-state index is 13.9. The molecule has 3 rings (SSSR count). The first-order valence-electron chi connectivity index (χ1n) is 8.53. The van der Waals surface area contributed by atoms with E-state index in [9.17, 15) is 9.18 Å². The normalized spacial score (nSPS) is 16.6. The number of benzene rings is 2. The zero-order chi connectivity index (χ0) is 17.8. The second-order valence-corrected chi connectivity index (χ2v) is 6.99. The minimum absolute atomic E-state index is 0.0582. The Kier molecular flexibility index (Phi) is 5.71. The topological polar surface area (TPSA) is 32.3 Å². The molecular formula is C20H22ClFN2O. The molecule has 0 fully saturated rings. The molecule has 1 aliphatic rings. The van der Waals surface area contributed by atoms with Gasteiger partial charge in [0.15, 0.2) is 0 Å². The van der Waals surface area contributed by atoms with Crippen molar-refractivity contribution in [1.82, 2.24) is 10.2 Å². The van der Waals surface area contributed by atoms with E-state index in [1.807, 2.05) is 12.1 Å². The Morgan fingerprint density at radius 2 is 2.08 bits per heavy atom. The third-order valence-electron chi connectivity index (χ3n) is 4.61. The fourth-order valence-electron chi connectivity index (χ4n) is 3.40. The SMILES string of the molecule is CN(CC(=O)N[C@H]1CCCc2ccccc21)Cc1c(F)cccc1Cl. The van der Waals surface area contributed by atoms with Crippen LogP contribution in [-0.4, -0.2) is 24.4 Å². The Morgan fingerprint density at radius 1 is 1.28 bits per heavy atom. The molecule has 1 atom stereocenters. The van der Waals surface area contributed by atoms with Crippen LogP contribution in [0.15, 0.2) is 42.5 Å². The van der Waals surface area contributed by atoms with E-state index >= 15 is 0 Å². The number of fused-ring (bicyclic) bond motifs is 1. The van der Waals surface area contributed by atoms with Crippen molar-refractivity contribution in [1.29, 1.82) is 0 Å². The number of likely N-dealkylation sites (N-methyl/N-ethyl adjacent to an activating group) is 1. The fourth-order valence-corrected chi connectivity index (χ4v) is 3.62. The van der Waals surface area contributed by atoms with Gasteiger partial charge in [-0.15, -0.1) is 0 Å². The van der Waals surface area contributed by atoms with E-state index in [2.05, 4.69) is 17.4 Å². The Labute approximate surface area is 152 Å². The molecule has 5 heteroatoms. The Balaban J connectivity index is 1.60. The minimum Gasteiger partial charge on any atom is -0.348 e. The van der Waals surface area contributed by atoms with Gasteiger partial charge in [-0.3, -0.25) is 9.69 Å². The lowest BCUT2D eigenvalue weighted by Gasteiger charge is -2.27. The minimum atomic E-state index is -0.346. The molecule has 0 radical (unpaired) electrons. The number of nitrogens with one attached hydrogen (secondary N) is 1. The Bertz CT molecular complexity index is 745. The van der Waals surface area contributed by atoms with Crippen LogP contribution in [0.1, 0.15) is 35.6 Å². The Morgan fingerprint density at radius 3 is 2.88 bits per heavy atom. The van der Waals surface area contributed by atoms with Crippen molar-refractivity contribution in [2.45, 2.75) is 31.8 Å². The molecule has 0 aromatic heterocycles. The zero-order valence-corrected chi connectivity index (χ0v) is 15.0. The maximum atomic E-state index is 13.9. The third kappa shape index (κ3) is 4.39. The summed E-state index contributed by atoms with van der Waals surface area (Å²) in [7, 11) is 1.79. The first kappa shape index (κ1) is 17.9. The monoisotopic (exact) mass is 360 g/mol. The average molecular weight is 361 g/mol. The summed E-state index contributed by atoms with van der Waals surface area (Å²) < 4.78 is 13.9.